The summed E-state index contributed by atoms with van der Waals surface area (Å²) in [6.07, 6.45) is 1.24. The minimum atomic E-state index is 0.615. The zero-order valence-corrected chi connectivity index (χ0v) is 12.4. The summed E-state index contributed by atoms with van der Waals surface area (Å²) in [6, 6.07) is 6.08. The van der Waals surface area contributed by atoms with E-state index in [1.807, 2.05) is 12.1 Å². The second kappa shape index (κ2) is 6.29. The van der Waals surface area contributed by atoms with Gasteiger partial charge in [0.05, 0.1) is 14.2 Å². The molecule has 0 amide bonds. The first-order valence-electron chi connectivity index (χ1n) is 7.08. The maximum absolute atomic E-state index is 5.46. The number of methoxy groups -OCH3 is 2. The predicted octanol–water partition coefficient (Wildman–Crippen LogP) is 3.05. The Morgan fingerprint density at radius 3 is 2.68 bits per heavy atom. The molecule has 2 rings (SSSR count). The lowest BCUT2D eigenvalue weighted by atomic mass is 10.1. The van der Waals surface area contributed by atoms with E-state index in [2.05, 4.69) is 25.2 Å². The first-order valence-corrected chi connectivity index (χ1v) is 7.08. The van der Waals surface area contributed by atoms with Crippen molar-refractivity contribution < 1.29 is 9.47 Å². The highest BCUT2D eigenvalue weighted by atomic mass is 16.5. The van der Waals surface area contributed by atoms with Crippen molar-refractivity contribution in [2.45, 2.75) is 26.2 Å². The molecule has 1 aromatic rings. The van der Waals surface area contributed by atoms with Crippen molar-refractivity contribution in [3.63, 3.8) is 0 Å². The molecule has 2 atom stereocenters. The van der Waals surface area contributed by atoms with Crippen LogP contribution >= 0.6 is 0 Å². The van der Waals surface area contributed by atoms with Gasteiger partial charge in [-0.25, -0.2) is 0 Å². The zero-order valence-electron chi connectivity index (χ0n) is 12.4. The van der Waals surface area contributed by atoms with Crippen molar-refractivity contribution in [2.24, 2.45) is 11.8 Å². The van der Waals surface area contributed by atoms with Gasteiger partial charge in [0.15, 0.2) is 0 Å². The van der Waals surface area contributed by atoms with E-state index in [-0.39, 0.29) is 0 Å². The fraction of sp³-hybridized carbons (Fsp3) is 0.625. The molecule has 3 heteroatoms. The molecule has 19 heavy (non-hydrogen) atoms. The molecule has 0 heterocycles. The molecule has 106 valence electrons. The summed E-state index contributed by atoms with van der Waals surface area (Å²) < 4.78 is 10.8. The van der Waals surface area contributed by atoms with Gasteiger partial charge in [-0.3, -0.25) is 0 Å². The highest BCUT2D eigenvalue weighted by Gasteiger charge is 2.39. The van der Waals surface area contributed by atoms with Crippen LogP contribution in [-0.2, 0) is 0 Å². The summed E-state index contributed by atoms with van der Waals surface area (Å²) in [5, 5.41) is 3.54. The Hall–Kier alpha value is -1.22. The molecule has 0 bridgehead atoms. The number of nitrogens with one attached hydrogen (secondary N) is 1. The van der Waals surface area contributed by atoms with E-state index >= 15 is 0 Å². The van der Waals surface area contributed by atoms with Gasteiger partial charge in [-0.05, 0) is 55.5 Å². The first kappa shape index (κ1) is 14.2. The lowest BCUT2D eigenvalue weighted by Crippen LogP contribution is -2.22. The van der Waals surface area contributed by atoms with E-state index in [1.165, 1.54) is 12.0 Å². The molecule has 1 aliphatic rings. The van der Waals surface area contributed by atoms with Crippen molar-refractivity contribution >= 4 is 0 Å². The van der Waals surface area contributed by atoms with E-state index in [0.29, 0.717) is 11.8 Å². The van der Waals surface area contributed by atoms with Crippen LogP contribution in [0.4, 0.5) is 0 Å². The Morgan fingerprint density at radius 2 is 2.05 bits per heavy atom. The molecule has 1 saturated carbocycles. The van der Waals surface area contributed by atoms with Crippen molar-refractivity contribution in [1.29, 1.82) is 0 Å². The molecular formula is C16H25NO2. The van der Waals surface area contributed by atoms with Gasteiger partial charge < -0.3 is 14.8 Å². The first-order chi connectivity index (χ1) is 9.15. The Balaban J connectivity index is 1.95. The quantitative estimate of drug-likeness (QED) is 0.820. The Morgan fingerprint density at radius 1 is 1.26 bits per heavy atom. The van der Waals surface area contributed by atoms with E-state index < -0.39 is 0 Å². The van der Waals surface area contributed by atoms with E-state index in [1.54, 1.807) is 14.2 Å². The minimum absolute atomic E-state index is 0.615. The fourth-order valence-corrected chi connectivity index (χ4v) is 2.54. The molecule has 3 nitrogen and oxygen atoms in total. The average Bonchev–Trinajstić information content (AvgIpc) is 3.17. The molecule has 2 unspecified atom stereocenters. The molecule has 0 saturated heterocycles. The molecule has 1 N–H and O–H groups in total. The van der Waals surface area contributed by atoms with Crippen molar-refractivity contribution in [1.82, 2.24) is 5.32 Å². The monoisotopic (exact) mass is 263 g/mol. The summed E-state index contributed by atoms with van der Waals surface area (Å²) >= 11 is 0. The number of ether oxygens (including phenoxy) is 2. The van der Waals surface area contributed by atoms with Crippen LogP contribution in [0.5, 0.6) is 11.5 Å². The normalized spacial score (nSPS) is 21.5. The number of rotatable bonds is 7. The maximum Gasteiger partial charge on any atom is 0.122 e. The largest absolute Gasteiger partial charge is 0.497 e. The summed E-state index contributed by atoms with van der Waals surface area (Å²) in [4.78, 5) is 0. The second-order valence-electron chi connectivity index (χ2n) is 5.76. The van der Waals surface area contributed by atoms with Crippen LogP contribution < -0.4 is 14.8 Å². The molecule has 0 aliphatic heterocycles. The van der Waals surface area contributed by atoms with Crippen LogP contribution in [0, 0.1) is 11.8 Å². The fourth-order valence-electron chi connectivity index (χ4n) is 2.54. The minimum Gasteiger partial charge on any atom is -0.497 e. The predicted molar refractivity (Wildman–Crippen MR) is 78.1 cm³/mol. The summed E-state index contributed by atoms with van der Waals surface area (Å²) in [5.74, 6) is 3.96. The van der Waals surface area contributed by atoms with Crippen LogP contribution in [0.1, 0.15) is 31.7 Å². The Bertz CT molecular complexity index is 417. The topological polar surface area (TPSA) is 30.5 Å². The molecule has 0 spiro atoms. The standard InChI is InChI=1S/C16H25NO2/c1-11(2)9-17-10-12-7-14(12)15-8-13(18-3)5-6-16(15)19-4/h5-6,8,11-12,14,17H,7,9-10H2,1-4H3. The highest BCUT2D eigenvalue weighted by Crippen LogP contribution is 2.50. The lowest BCUT2D eigenvalue weighted by Gasteiger charge is -2.11. The van der Waals surface area contributed by atoms with Gasteiger partial charge in [0, 0.05) is 5.56 Å². The van der Waals surface area contributed by atoms with Crippen LogP contribution in [0.2, 0.25) is 0 Å². The van der Waals surface area contributed by atoms with Gasteiger partial charge in [-0.2, -0.15) is 0 Å². The molecule has 0 radical (unpaired) electrons. The maximum atomic E-state index is 5.46. The molecule has 1 fully saturated rings. The summed E-state index contributed by atoms with van der Waals surface area (Å²) in [7, 11) is 3.44. The molecule has 1 aliphatic carbocycles. The van der Waals surface area contributed by atoms with Gasteiger partial charge >= 0.3 is 0 Å². The van der Waals surface area contributed by atoms with Gasteiger partial charge in [-0.15, -0.1) is 0 Å². The van der Waals surface area contributed by atoms with E-state index in [9.17, 15) is 0 Å². The van der Waals surface area contributed by atoms with Crippen molar-refractivity contribution in [3.8, 4) is 11.5 Å². The smallest absolute Gasteiger partial charge is 0.122 e. The molecule has 0 aromatic heterocycles. The van der Waals surface area contributed by atoms with Crippen molar-refractivity contribution in [2.75, 3.05) is 27.3 Å². The lowest BCUT2D eigenvalue weighted by molar-refractivity contribution is 0.398. The summed E-state index contributed by atoms with van der Waals surface area (Å²) in [5.41, 5.74) is 1.29. The molecule has 1 aromatic carbocycles. The third-order valence-electron chi connectivity index (χ3n) is 3.72. The van der Waals surface area contributed by atoms with Gasteiger partial charge in [0.25, 0.3) is 0 Å². The van der Waals surface area contributed by atoms with E-state index in [0.717, 1.165) is 30.5 Å². The van der Waals surface area contributed by atoms with Crippen molar-refractivity contribution in [3.05, 3.63) is 23.8 Å². The SMILES string of the molecule is COc1ccc(OC)c(C2CC2CNCC(C)C)c1. The average molecular weight is 263 g/mol. The Labute approximate surface area is 116 Å². The number of benzene rings is 1. The zero-order chi connectivity index (χ0) is 13.8. The van der Waals surface area contributed by atoms with Gasteiger partial charge in [0.2, 0.25) is 0 Å². The summed E-state index contributed by atoms with van der Waals surface area (Å²) in [6.45, 7) is 6.67. The highest BCUT2D eigenvalue weighted by molar-refractivity contribution is 5.45. The molecular weight excluding hydrogens is 238 g/mol. The van der Waals surface area contributed by atoms with Gasteiger partial charge in [-0.1, -0.05) is 13.8 Å². The Kier molecular flexibility index (Phi) is 4.70. The second-order valence-corrected chi connectivity index (χ2v) is 5.76. The number of hydrogen-bond donors (Lipinski definition) is 1. The van der Waals surface area contributed by atoms with Gasteiger partial charge in [0.1, 0.15) is 11.5 Å². The van der Waals surface area contributed by atoms with Crippen LogP contribution in [0.3, 0.4) is 0 Å². The van der Waals surface area contributed by atoms with Crippen LogP contribution in [-0.4, -0.2) is 27.3 Å². The third-order valence-corrected chi connectivity index (χ3v) is 3.72. The van der Waals surface area contributed by atoms with E-state index in [4.69, 9.17) is 9.47 Å². The third kappa shape index (κ3) is 3.63. The number of hydrogen-bond acceptors (Lipinski definition) is 3. The van der Waals surface area contributed by atoms with Crippen LogP contribution in [0.25, 0.3) is 0 Å². The van der Waals surface area contributed by atoms with Crippen LogP contribution in [0.15, 0.2) is 18.2 Å².